The molecule has 1 aromatic carbocycles. The molecule has 0 radical (unpaired) electrons. The highest BCUT2D eigenvalue weighted by atomic mass is 16.5. The largest absolute Gasteiger partial charge is 0.382 e. The summed E-state index contributed by atoms with van der Waals surface area (Å²) in [5.74, 6) is -0.0198. The Bertz CT molecular complexity index is 456. The van der Waals surface area contributed by atoms with Crippen LogP contribution in [0.1, 0.15) is 50.4 Å². The molecule has 21 heavy (non-hydrogen) atoms. The fourth-order valence-electron chi connectivity index (χ4n) is 2.59. The fourth-order valence-corrected chi connectivity index (χ4v) is 2.59. The van der Waals surface area contributed by atoms with Crippen LogP contribution in [0.4, 0.5) is 5.69 Å². The van der Waals surface area contributed by atoms with Crippen molar-refractivity contribution < 1.29 is 9.53 Å². The molecule has 2 atom stereocenters. The SMILES string of the molecule is CCC1CC(Nc2ccc(C(=O)NC(C)C)cc2)CCO1. The summed E-state index contributed by atoms with van der Waals surface area (Å²) in [4.78, 5) is 11.9. The lowest BCUT2D eigenvalue weighted by Gasteiger charge is -2.30. The monoisotopic (exact) mass is 290 g/mol. The zero-order valence-electron chi connectivity index (χ0n) is 13.2. The highest BCUT2D eigenvalue weighted by Gasteiger charge is 2.21. The van der Waals surface area contributed by atoms with Crippen molar-refractivity contribution in [3.8, 4) is 0 Å². The lowest BCUT2D eigenvalue weighted by molar-refractivity contribution is 0.00925. The number of rotatable bonds is 5. The van der Waals surface area contributed by atoms with Gasteiger partial charge in [-0.2, -0.15) is 0 Å². The molecule has 2 unspecified atom stereocenters. The molecular weight excluding hydrogens is 264 g/mol. The van der Waals surface area contributed by atoms with Gasteiger partial charge in [0.1, 0.15) is 0 Å². The third-order valence-corrected chi connectivity index (χ3v) is 3.76. The van der Waals surface area contributed by atoms with Crippen LogP contribution in [-0.2, 0) is 4.74 Å². The summed E-state index contributed by atoms with van der Waals surface area (Å²) in [6.07, 6.45) is 3.51. The maximum Gasteiger partial charge on any atom is 0.251 e. The van der Waals surface area contributed by atoms with Crippen molar-refractivity contribution >= 4 is 11.6 Å². The predicted octanol–water partition coefficient (Wildman–Crippen LogP) is 3.19. The number of amides is 1. The lowest BCUT2D eigenvalue weighted by Crippen LogP contribution is -2.33. The molecule has 1 aliphatic rings. The highest BCUT2D eigenvalue weighted by molar-refractivity contribution is 5.94. The maximum absolute atomic E-state index is 11.9. The van der Waals surface area contributed by atoms with E-state index in [9.17, 15) is 4.79 Å². The maximum atomic E-state index is 11.9. The van der Waals surface area contributed by atoms with Crippen molar-refractivity contribution in [2.24, 2.45) is 0 Å². The summed E-state index contributed by atoms with van der Waals surface area (Å²) in [6.45, 7) is 6.91. The van der Waals surface area contributed by atoms with E-state index in [-0.39, 0.29) is 11.9 Å². The number of hydrogen-bond donors (Lipinski definition) is 2. The standard InChI is InChI=1S/C17H26N2O2/c1-4-16-11-15(9-10-21-16)19-14-7-5-13(6-8-14)17(20)18-12(2)3/h5-8,12,15-16,19H,4,9-11H2,1-3H3,(H,18,20). The molecule has 116 valence electrons. The molecule has 0 bridgehead atoms. The molecule has 2 N–H and O–H groups in total. The van der Waals surface area contributed by atoms with E-state index in [4.69, 9.17) is 4.74 Å². The molecule has 1 saturated heterocycles. The third-order valence-electron chi connectivity index (χ3n) is 3.76. The van der Waals surface area contributed by atoms with E-state index in [1.54, 1.807) is 0 Å². The van der Waals surface area contributed by atoms with E-state index < -0.39 is 0 Å². The topological polar surface area (TPSA) is 50.4 Å². The Kier molecular flexibility index (Phi) is 5.62. The first-order valence-corrected chi connectivity index (χ1v) is 7.87. The van der Waals surface area contributed by atoms with Gasteiger partial charge in [0.25, 0.3) is 5.91 Å². The van der Waals surface area contributed by atoms with E-state index in [2.05, 4.69) is 17.6 Å². The molecule has 4 nitrogen and oxygen atoms in total. The van der Waals surface area contributed by atoms with Crippen LogP contribution in [0.5, 0.6) is 0 Å². The number of carbonyl (C=O) groups excluding carboxylic acids is 1. The molecule has 0 spiro atoms. The smallest absolute Gasteiger partial charge is 0.251 e. The molecule has 4 heteroatoms. The number of ether oxygens (including phenoxy) is 1. The minimum Gasteiger partial charge on any atom is -0.382 e. The summed E-state index contributed by atoms with van der Waals surface area (Å²) in [5, 5.41) is 6.44. The van der Waals surface area contributed by atoms with Gasteiger partial charge in [0, 0.05) is 29.9 Å². The molecule has 0 aliphatic carbocycles. The minimum absolute atomic E-state index is 0.0198. The van der Waals surface area contributed by atoms with Crippen LogP contribution in [0, 0.1) is 0 Å². The van der Waals surface area contributed by atoms with E-state index in [1.165, 1.54) is 0 Å². The van der Waals surface area contributed by atoms with Gasteiger partial charge in [0.2, 0.25) is 0 Å². The predicted molar refractivity (Wildman–Crippen MR) is 85.7 cm³/mol. The van der Waals surface area contributed by atoms with Crippen molar-refractivity contribution in [2.45, 2.75) is 58.2 Å². The molecule has 0 aromatic heterocycles. The normalized spacial score (nSPS) is 22.1. The van der Waals surface area contributed by atoms with Crippen molar-refractivity contribution in [1.29, 1.82) is 0 Å². The summed E-state index contributed by atoms with van der Waals surface area (Å²) in [5.41, 5.74) is 1.77. The van der Waals surface area contributed by atoms with Crippen LogP contribution in [0.15, 0.2) is 24.3 Å². The number of hydrogen-bond acceptors (Lipinski definition) is 3. The highest BCUT2D eigenvalue weighted by Crippen LogP contribution is 2.20. The Morgan fingerprint density at radius 3 is 2.67 bits per heavy atom. The second kappa shape index (κ2) is 7.46. The second-order valence-corrected chi connectivity index (χ2v) is 5.97. The molecule has 1 amide bonds. The quantitative estimate of drug-likeness (QED) is 0.875. The first-order chi connectivity index (χ1) is 10.1. The Balaban J connectivity index is 1.91. The van der Waals surface area contributed by atoms with E-state index >= 15 is 0 Å². The van der Waals surface area contributed by atoms with Gasteiger partial charge >= 0.3 is 0 Å². The Hall–Kier alpha value is -1.55. The van der Waals surface area contributed by atoms with Crippen LogP contribution >= 0.6 is 0 Å². The zero-order chi connectivity index (χ0) is 15.2. The number of nitrogens with one attached hydrogen (secondary N) is 2. The van der Waals surface area contributed by atoms with Crippen molar-refractivity contribution in [3.05, 3.63) is 29.8 Å². The van der Waals surface area contributed by atoms with Crippen LogP contribution in [0.2, 0.25) is 0 Å². The summed E-state index contributed by atoms with van der Waals surface area (Å²) < 4.78 is 5.69. The van der Waals surface area contributed by atoms with Gasteiger partial charge in [0.05, 0.1) is 6.10 Å². The Morgan fingerprint density at radius 2 is 2.05 bits per heavy atom. The van der Waals surface area contributed by atoms with E-state index in [0.717, 1.165) is 31.6 Å². The van der Waals surface area contributed by atoms with Gasteiger partial charge in [-0.25, -0.2) is 0 Å². The minimum atomic E-state index is -0.0198. The molecule has 2 rings (SSSR count). The first-order valence-electron chi connectivity index (χ1n) is 7.87. The van der Waals surface area contributed by atoms with E-state index in [1.807, 2.05) is 38.1 Å². The van der Waals surface area contributed by atoms with Gasteiger partial charge in [-0.05, 0) is 57.4 Å². The fraction of sp³-hybridized carbons (Fsp3) is 0.588. The van der Waals surface area contributed by atoms with Gasteiger partial charge in [0.15, 0.2) is 0 Å². The Labute approximate surface area is 127 Å². The summed E-state index contributed by atoms with van der Waals surface area (Å²) >= 11 is 0. The number of benzene rings is 1. The zero-order valence-corrected chi connectivity index (χ0v) is 13.2. The van der Waals surface area contributed by atoms with Crippen molar-refractivity contribution in [1.82, 2.24) is 5.32 Å². The number of carbonyl (C=O) groups is 1. The number of anilines is 1. The third kappa shape index (κ3) is 4.74. The van der Waals surface area contributed by atoms with Gasteiger partial charge in [-0.3, -0.25) is 4.79 Å². The lowest BCUT2D eigenvalue weighted by atomic mass is 10.0. The summed E-state index contributed by atoms with van der Waals surface area (Å²) in [7, 11) is 0. The van der Waals surface area contributed by atoms with Crippen LogP contribution in [-0.4, -0.2) is 30.7 Å². The molecular formula is C17H26N2O2. The molecule has 1 heterocycles. The average Bonchev–Trinajstić information content (AvgIpc) is 2.47. The van der Waals surface area contributed by atoms with Gasteiger partial charge in [-0.15, -0.1) is 0 Å². The molecule has 1 fully saturated rings. The Morgan fingerprint density at radius 1 is 1.33 bits per heavy atom. The second-order valence-electron chi connectivity index (χ2n) is 5.97. The van der Waals surface area contributed by atoms with Crippen LogP contribution < -0.4 is 10.6 Å². The molecule has 1 aromatic rings. The van der Waals surface area contributed by atoms with Crippen LogP contribution in [0.25, 0.3) is 0 Å². The van der Waals surface area contributed by atoms with E-state index in [0.29, 0.717) is 17.7 Å². The van der Waals surface area contributed by atoms with Gasteiger partial charge in [-0.1, -0.05) is 6.92 Å². The molecule has 1 aliphatic heterocycles. The average molecular weight is 290 g/mol. The molecule has 0 saturated carbocycles. The van der Waals surface area contributed by atoms with Crippen molar-refractivity contribution in [2.75, 3.05) is 11.9 Å². The summed E-state index contributed by atoms with van der Waals surface area (Å²) in [6, 6.07) is 8.31. The van der Waals surface area contributed by atoms with Crippen molar-refractivity contribution in [3.63, 3.8) is 0 Å². The van der Waals surface area contributed by atoms with Gasteiger partial charge < -0.3 is 15.4 Å². The van der Waals surface area contributed by atoms with Crippen LogP contribution in [0.3, 0.4) is 0 Å². The first kappa shape index (κ1) is 15.8.